The normalized spacial score (nSPS) is 13.1. The summed E-state index contributed by atoms with van der Waals surface area (Å²) in [4.78, 5) is 28.9. The molecule has 5 N–H and O–H groups in total. The molecule has 12 nitrogen and oxygen atoms in total. The van der Waals surface area contributed by atoms with Crippen LogP contribution in [0.5, 0.6) is 5.75 Å². The second kappa shape index (κ2) is 16.3. The second-order valence-electron chi connectivity index (χ2n) is 9.51. The van der Waals surface area contributed by atoms with Crippen LogP contribution in [0, 0.1) is 0 Å². The Morgan fingerprint density at radius 1 is 0.927 bits per heavy atom. The molecule has 220 valence electrons. The van der Waals surface area contributed by atoms with E-state index < -0.39 is 0 Å². The summed E-state index contributed by atoms with van der Waals surface area (Å²) in [5.74, 6) is 2.12. The van der Waals surface area contributed by atoms with Crippen molar-refractivity contribution in [2.24, 2.45) is 5.73 Å². The number of rotatable bonds is 16. The summed E-state index contributed by atoms with van der Waals surface area (Å²) in [7, 11) is 1.65. The molecular formula is C29H40N8O4. The Morgan fingerprint density at radius 3 is 2.44 bits per heavy atom. The number of carbonyl (C=O) groups excluding carboxylic acids is 1. The number of aromatic nitrogens is 3. The summed E-state index contributed by atoms with van der Waals surface area (Å²) < 4.78 is 16.0. The molecule has 0 radical (unpaired) electrons. The lowest BCUT2D eigenvalue weighted by Gasteiger charge is -2.27. The zero-order chi connectivity index (χ0) is 28.7. The average molecular weight is 565 g/mol. The third kappa shape index (κ3) is 9.85. The SMILES string of the molecule is COc1ccc(CNc2nc(Nc3cccc(C(=O)NCCOCCOCCN)c3)nc(N3CCCCC3)n2)cc1. The number of anilines is 4. The fourth-order valence-electron chi connectivity index (χ4n) is 4.27. The second-order valence-corrected chi connectivity index (χ2v) is 9.51. The summed E-state index contributed by atoms with van der Waals surface area (Å²) in [5.41, 5.74) is 7.67. The minimum Gasteiger partial charge on any atom is -0.497 e. The van der Waals surface area contributed by atoms with Gasteiger partial charge in [-0.3, -0.25) is 4.79 Å². The van der Waals surface area contributed by atoms with Crippen molar-refractivity contribution in [3.63, 3.8) is 0 Å². The molecule has 1 aromatic heterocycles. The highest BCUT2D eigenvalue weighted by Crippen LogP contribution is 2.22. The molecule has 0 unspecified atom stereocenters. The van der Waals surface area contributed by atoms with Crippen LogP contribution in [-0.4, -0.2) is 80.6 Å². The van der Waals surface area contributed by atoms with Crippen LogP contribution in [0.15, 0.2) is 48.5 Å². The highest BCUT2D eigenvalue weighted by Gasteiger charge is 2.17. The van der Waals surface area contributed by atoms with Gasteiger partial charge in [-0.05, 0) is 55.2 Å². The third-order valence-corrected chi connectivity index (χ3v) is 6.42. The first kappa shape index (κ1) is 30.0. The van der Waals surface area contributed by atoms with Crippen LogP contribution in [0.2, 0.25) is 0 Å². The average Bonchev–Trinajstić information content (AvgIpc) is 3.02. The van der Waals surface area contributed by atoms with E-state index in [4.69, 9.17) is 29.9 Å². The van der Waals surface area contributed by atoms with Gasteiger partial charge >= 0.3 is 0 Å². The highest BCUT2D eigenvalue weighted by atomic mass is 16.5. The molecule has 1 aliphatic heterocycles. The van der Waals surface area contributed by atoms with Crippen molar-refractivity contribution in [1.82, 2.24) is 20.3 Å². The molecule has 0 saturated carbocycles. The summed E-state index contributed by atoms with van der Waals surface area (Å²) >= 11 is 0. The summed E-state index contributed by atoms with van der Waals surface area (Å²) in [5, 5.41) is 9.46. The van der Waals surface area contributed by atoms with Gasteiger partial charge in [-0.15, -0.1) is 0 Å². The molecule has 1 aliphatic rings. The Kier molecular flexibility index (Phi) is 11.9. The first-order valence-corrected chi connectivity index (χ1v) is 14.0. The monoisotopic (exact) mass is 564 g/mol. The number of benzene rings is 2. The number of nitrogens with two attached hydrogens (primary N) is 1. The number of hydrogen-bond acceptors (Lipinski definition) is 11. The molecule has 4 rings (SSSR count). The van der Waals surface area contributed by atoms with Crippen LogP contribution in [0.25, 0.3) is 0 Å². The van der Waals surface area contributed by atoms with Crippen LogP contribution in [-0.2, 0) is 16.0 Å². The molecule has 1 saturated heterocycles. The van der Waals surface area contributed by atoms with E-state index in [1.807, 2.05) is 36.4 Å². The van der Waals surface area contributed by atoms with E-state index in [2.05, 4.69) is 25.8 Å². The van der Waals surface area contributed by atoms with Crippen molar-refractivity contribution in [2.75, 3.05) is 75.2 Å². The van der Waals surface area contributed by atoms with Gasteiger partial charge in [-0.1, -0.05) is 18.2 Å². The number of nitrogens with one attached hydrogen (secondary N) is 3. The Labute approximate surface area is 241 Å². The molecule has 2 heterocycles. The highest BCUT2D eigenvalue weighted by molar-refractivity contribution is 5.95. The zero-order valence-electron chi connectivity index (χ0n) is 23.6. The molecule has 3 aromatic rings. The Morgan fingerprint density at radius 2 is 1.68 bits per heavy atom. The number of methoxy groups -OCH3 is 1. The molecule has 0 atom stereocenters. The van der Waals surface area contributed by atoms with Gasteiger partial charge in [0.2, 0.25) is 17.8 Å². The molecule has 2 aromatic carbocycles. The van der Waals surface area contributed by atoms with Gasteiger partial charge in [0.25, 0.3) is 5.91 Å². The minimum atomic E-state index is -0.192. The Hall–Kier alpha value is -4.00. The van der Waals surface area contributed by atoms with Crippen LogP contribution >= 0.6 is 0 Å². The van der Waals surface area contributed by atoms with Gasteiger partial charge in [-0.2, -0.15) is 15.0 Å². The summed E-state index contributed by atoms with van der Waals surface area (Å²) in [6, 6.07) is 15.1. The van der Waals surface area contributed by atoms with E-state index in [0.29, 0.717) is 75.2 Å². The van der Waals surface area contributed by atoms with Gasteiger partial charge < -0.3 is 40.8 Å². The maximum atomic E-state index is 12.7. The first-order valence-electron chi connectivity index (χ1n) is 14.0. The third-order valence-electron chi connectivity index (χ3n) is 6.42. The van der Waals surface area contributed by atoms with Gasteiger partial charge in [0.1, 0.15) is 5.75 Å². The number of piperidine rings is 1. The lowest BCUT2D eigenvalue weighted by Crippen LogP contribution is -2.31. The smallest absolute Gasteiger partial charge is 0.251 e. The van der Waals surface area contributed by atoms with Crippen molar-refractivity contribution in [3.8, 4) is 5.75 Å². The van der Waals surface area contributed by atoms with E-state index in [0.717, 1.165) is 37.2 Å². The first-order chi connectivity index (χ1) is 20.1. The van der Waals surface area contributed by atoms with Crippen LogP contribution in [0.1, 0.15) is 35.2 Å². The standard InChI is InChI=1S/C29H40N8O4/c1-39-25-10-8-22(9-11-25)21-32-27-34-28(36-29(35-27)37-14-3-2-4-15-37)33-24-7-5-6-23(20-24)26(38)31-13-17-41-19-18-40-16-12-30/h5-11,20H,2-4,12-19,21,30H2,1H3,(H,31,38)(H2,32,33,34,35,36). The maximum absolute atomic E-state index is 12.7. The molecular weight excluding hydrogens is 524 g/mol. The predicted octanol–water partition coefficient (Wildman–Crippen LogP) is 2.95. The number of carbonyl (C=O) groups is 1. The fraction of sp³-hybridized carbons (Fsp3) is 0.448. The molecule has 1 amide bonds. The van der Waals surface area contributed by atoms with E-state index in [1.165, 1.54) is 6.42 Å². The molecule has 12 heteroatoms. The van der Waals surface area contributed by atoms with E-state index in [-0.39, 0.29) is 5.91 Å². The van der Waals surface area contributed by atoms with Gasteiger partial charge in [0, 0.05) is 44.0 Å². The minimum absolute atomic E-state index is 0.192. The van der Waals surface area contributed by atoms with Crippen LogP contribution in [0.3, 0.4) is 0 Å². The van der Waals surface area contributed by atoms with Crippen molar-refractivity contribution in [1.29, 1.82) is 0 Å². The van der Waals surface area contributed by atoms with Gasteiger partial charge in [0.15, 0.2) is 0 Å². The lowest BCUT2D eigenvalue weighted by molar-refractivity contribution is 0.0511. The van der Waals surface area contributed by atoms with E-state index >= 15 is 0 Å². The number of amides is 1. The van der Waals surface area contributed by atoms with Crippen molar-refractivity contribution < 1.29 is 19.0 Å². The molecule has 41 heavy (non-hydrogen) atoms. The molecule has 0 bridgehead atoms. The topological polar surface area (TPSA) is 149 Å². The summed E-state index contributed by atoms with van der Waals surface area (Å²) in [6.07, 6.45) is 3.42. The van der Waals surface area contributed by atoms with Gasteiger partial charge in [-0.25, -0.2) is 0 Å². The van der Waals surface area contributed by atoms with Crippen molar-refractivity contribution in [3.05, 3.63) is 59.7 Å². The fourth-order valence-corrected chi connectivity index (χ4v) is 4.27. The zero-order valence-corrected chi connectivity index (χ0v) is 23.6. The van der Waals surface area contributed by atoms with Crippen LogP contribution in [0.4, 0.5) is 23.5 Å². The maximum Gasteiger partial charge on any atom is 0.251 e. The molecule has 0 spiro atoms. The summed E-state index contributed by atoms with van der Waals surface area (Å²) in [6.45, 7) is 5.08. The molecule has 1 fully saturated rings. The Balaban J connectivity index is 1.38. The van der Waals surface area contributed by atoms with Crippen molar-refractivity contribution >= 4 is 29.4 Å². The largest absolute Gasteiger partial charge is 0.497 e. The Bertz CT molecular complexity index is 1220. The quantitative estimate of drug-likeness (QED) is 0.190. The molecule has 0 aliphatic carbocycles. The van der Waals surface area contributed by atoms with Crippen molar-refractivity contribution in [2.45, 2.75) is 25.8 Å². The lowest BCUT2D eigenvalue weighted by atomic mass is 10.1. The number of hydrogen-bond donors (Lipinski definition) is 4. The van der Waals surface area contributed by atoms with E-state index in [1.54, 1.807) is 19.2 Å². The van der Waals surface area contributed by atoms with E-state index in [9.17, 15) is 4.79 Å². The predicted molar refractivity (Wildman–Crippen MR) is 159 cm³/mol. The van der Waals surface area contributed by atoms with Crippen LogP contribution < -0.4 is 31.3 Å². The van der Waals surface area contributed by atoms with Gasteiger partial charge in [0.05, 0.1) is 33.5 Å². The number of ether oxygens (including phenoxy) is 3. The number of nitrogens with zero attached hydrogens (tertiary/aromatic N) is 4.